The zero-order valence-corrected chi connectivity index (χ0v) is 19.8. The van der Waals surface area contributed by atoms with Crippen LogP contribution in [0.3, 0.4) is 0 Å². The maximum atomic E-state index is 14.8. The normalized spacial score (nSPS) is 11.2. The van der Waals surface area contributed by atoms with Crippen LogP contribution in [0.15, 0.2) is 84.9 Å². The molecule has 0 saturated carbocycles. The number of halogens is 5. The van der Waals surface area contributed by atoms with Gasteiger partial charge in [0.2, 0.25) is 0 Å². The fraction of sp³-hybridized carbons (Fsp3) is 0.0968. The standard InChI is InChI=1S/C31H21F5O/c1-2-18-3-6-20(7-4-18)21-8-10-22(11-9-21)23-14-27(33)31(28(34)15-23)37-17-19-5-12-25-24(13-19)16-26(32)30(36)29(25)35/h3-16H,2,17H2,1H3. The maximum Gasteiger partial charge on any atom is 0.195 e. The number of fused-ring (bicyclic) bond motifs is 1. The Kier molecular flexibility index (Phi) is 6.66. The Balaban J connectivity index is 1.34. The minimum Gasteiger partial charge on any atom is -0.483 e. The molecule has 186 valence electrons. The molecule has 0 aromatic heterocycles. The van der Waals surface area contributed by atoms with Gasteiger partial charge in [-0.3, -0.25) is 0 Å². The van der Waals surface area contributed by atoms with Crippen molar-refractivity contribution in [2.24, 2.45) is 0 Å². The number of aryl methyl sites for hydroxylation is 1. The third-order valence-electron chi connectivity index (χ3n) is 6.33. The molecule has 0 aliphatic heterocycles. The smallest absolute Gasteiger partial charge is 0.195 e. The second kappa shape index (κ2) is 10.1. The Morgan fingerprint density at radius 2 is 1.08 bits per heavy atom. The molecule has 0 atom stereocenters. The van der Waals surface area contributed by atoms with Crippen LogP contribution in [0.1, 0.15) is 18.1 Å². The Morgan fingerprint density at radius 3 is 1.68 bits per heavy atom. The number of rotatable bonds is 6. The molecule has 0 N–H and O–H groups in total. The average Bonchev–Trinajstić information content (AvgIpc) is 2.91. The largest absolute Gasteiger partial charge is 0.483 e. The minimum absolute atomic E-state index is 0.103. The lowest BCUT2D eigenvalue weighted by Gasteiger charge is -2.12. The van der Waals surface area contributed by atoms with Gasteiger partial charge >= 0.3 is 0 Å². The van der Waals surface area contributed by atoms with Gasteiger partial charge in [-0.05, 0) is 69.5 Å². The Morgan fingerprint density at radius 1 is 0.541 bits per heavy atom. The van der Waals surface area contributed by atoms with Gasteiger partial charge < -0.3 is 4.74 Å². The van der Waals surface area contributed by atoms with Crippen molar-refractivity contribution >= 4 is 10.8 Å². The van der Waals surface area contributed by atoms with Crippen LogP contribution in [0.25, 0.3) is 33.0 Å². The summed E-state index contributed by atoms with van der Waals surface area (Å²) in [5.74, 6) is -6.49. The van der Waals surface area contributed by atoms with Gasteiger partial charge in [-0.15, -0.1) is 0 Å². The molecule has 0 unspecified atom stereocenters. The van der Waals surface area contributed by atoms with Crippen molar-refractivity contribution in [2.45, 2.75) is 20.0 Å². The van der Waals surface area contributed by atoms with Crippen molar-refractivity contribution in [1.29, 1.82) is 0 Å². The predicted octanol–water partition coefficient (Wildman–Crippen LogP) is 9.01. The quantitative estimate of drug-likeness (QED) is 0.166. The van der Waals surface area contributed by atoms with Crippen LogP contribution >= 0.6 is 0 Å². The number of hydrogen-bond donors (Lipinski definition) is 0. The molecule has 5 aromatic carbocycles. The molecule has 1 nitrogen and oxygen atoms in total. The molecule has 0 heterocycles. The summed E-state index contributed by atoms with van der Waals surface area (Å²) in [4.78, 5) is 0. The highest BCUT2D eigenvalue weighted by Gasteiger charge is 2.16. The van der Waals surface area contributed by atoms with E-state index in [2.05, 4.69) is 19.1 Å². The third-order valence-corrected chi connectivity index (χ3v) is 6.33. The zero-order chi connectivity index (χ0) is 26.1. The molecule has 0 aliphatic rings. The van der Waals surface area contributed by atoms with Crippen molar-refractivity contribution in [3.63, 3.8) is 0 Å². The Labute approximate surface area is 210 Å². The molecule has 6 heteroatoms. The van der Waals surface area contributed by atoms with Crippen LogP contribution in [0, 0.1) is 29.1 Å². The predicted molar refractivity (Wildman–Crippen MR) is 135 cm³/mol. The van der Waals surface area contributed by atoms with Gasteiger partial charge in [0.15, 0.2) is 34.8 Å². The average molecular weight is 504 g/mol. The van der Waals surface area contributed by atoms with Crippen LogP contribution in [-0.2, 0) is 13.0 Å². The van der Waals surface area contributed by atoms with E-state index in [1.54, 1.807) is 12.1 Å². The van der Waals surface area contributed by atoms with Gasteiger partial charge in [-0.2, -0.15) is 0 Å². The molecule has 0 saturated heterocycles. The SMILES string of the molecule is CCc1ccc(-c2ccc(-c3cc(F)c(OCc4ccc5c(F)c(F)c(F)cc5c4)c(F)c3)cc2)cc1. The second-order valence-corrected chi connectivity index (χ2v) is 8.73. The van der Waals surface area contributed by atoms with E-state index in [-0.39, 0.29) is 17.4 Å². The van der Waals surface area contributed by atoms with E-state index < -0.39 is 34.8 Å². The van der Waals surface area contributed by atoms with Gasteiger partial charge in [0.05, 0.1) is 0 Å². The number of hydrogen-bond acceptors (Lipinski definition) is 1. The van der Waals surface area contributed by atoms with E-state index in [0.29, 0.717) is 16.7 Å². The summed E-state index contributed by atoms with van der Waals surface area (Å²) >= 11 is 0. The Bertz CT molecular complexity index is 1570. The lowest BCUT2D eigenvalue weighted by atomic mass is 9.99. The number of benzene rings is 5. The molecule has 37 heavy (non-hydrogen) atoms. The van der Waals surface area contributed by atoms with Crippen LogP contribution in [0.2, 0.25) is 0 Å². The molecule has 0 fully saturated rings. The first-order valence-corrected chi connectivity index (χ1v) is 11.7. The van der Waals surface area contributed by atoms with Gasteiger partial charge in [0, 0.05) is 5.39 Å². The molecule has 0 amide bonds. The first kappa shape index (κ1) is 24.5. The third kappa shape index (κ3) is 4.92. The van der Waals surface area contributed by atoms with Crippen LogP contribution in [-0.4, -0.2) is 0 Å². The molecule has 0 spiro atoms. The van der Waals surface area contributed by atoms with Crippen molar-refractivity contribution < 1.29 is 26.7 Å². The highest BCUT2D eigenvalue weighted by atomic mass is 19.2. The molecule has 0 aliphatic carbocycles. The van der Waals surface area contributed by atoms with Crippen molar-refractivity contribution in [3.05, 3.63) is 125 Å². The van der Waals surface area contributed by atoms with Crippen molar-refractivity contribution in [2.75, 3.05) is 0 Å². The summed E-state index contributed by atoms with van der Waals surface area (Å²) in [6.45, 7) is 1.84. The summed E-state index contributed by atoms with van der Waals surface area (Å²) in [7, 11) is 0. The summed E-state index contributed by atoms with van der Waals surface area (Å²) in [5, 5.41) is 0.00639. The monoisotopic (exact) mass is 504 g/mol. The first-order valence-electron chi connectivity index (χ1n) is 11.7. The van der Waals surface area contributed by atoms with Crippen LogP contribution in [0.5, 0.6) is 5.75 Å². The van der Waals surface area contributed by atoms with Gasteiger partial charge in [0.25, 0.3) is 0 Å². The summed E-state index contributed by atoms with van der Waals surface area (Å²) in [5.41, 5.74) is 4.69. The van der Waals surface area contributed by atoms with E-state index in [1.165, 1.54) is 35.9 Å². The van der Waals surface area contributed by atoms with Gasteiger partial charge in [-0.1, -0.05) is 67.6 Å². The molecular formula is C31H21F5O. The zero-order valence-electron chi connectivity index (χ0n) is 19.8. The summed E-state index contributed by atoms with van der Waals surface area (Å²) in [6.07, 6.45) is 0.958. The molecule has 5 rings (SSSR count). The fourth-order valence-electron chi connectivity index (χ4n) is 4.25. The first-order chi connectivity index (χ1) is 17.8. The van der Waals surface area contributed by atoms with E-state index in [1.807, 2.05) is 24.3 Å². The number of ether oxygens (including phenoxy) is 1. The highest BCUT2D eigenvalue weighted by molar-refractivity contribution is 5.84. The summed E-state index contributed by atoms with van der Waals surface area (Å²) in [6, 6.07) is 22.9. The van der Waals surface area contributed by atoms with E-state index >= 15 is 0 Å². The van der Waals surface area contributed by atoms with E-state index in [0.717, 1.165) is 23.6 Å². The molecule has 5 aromatic rings. The van der Waals surface area contributed by atoms with Gasteiger partial charge in [-0.25, -0.2) is 22.0 Å². The molecular weight excluding hydrogens is 483 g/mol. The van der Waals surface area contributed by atoms with E-state index in [4.69, 9.17) is 4.74 Å². The highest BCUT2D eigenvalue weighted by Crippen LogP contribution is 2.32. The van der Waals surface area contributed by atoms with Gasteiger partial charge in [0.1, 0.15) is 6.61 Å². The topological polar surface area (TPSA) is 9.23 Å². The van der Waals surface area contributed by atoms with Crippen molar-refractivity contribution in [1.82, 2.24) is 0 Å². The summed E-state index contributed by atoms with van der Waals surface area (Å²) < 4.78 is 75.9. The van der Waals surface area contributed by atoms with Crippen LogP contribution in [0.4, 0.5) is 22.0 Å². The Hall–Kier alpha value is -4.19. The van der Waals surface area contributed by atoms with E-state index in [9.17, 15) is 22.0 Å². The van der Waals surface area contributed by atoms with Crippen molar-refractivity contribution in [3.8, 4) is 28.0 Å². The molecule has 0 radical (unpaired) electrons. The maximum absolute atomic E-state index is 14.8. The van der Waals surface area contributed by atoms with Crippen LogP contribution < -0.4 is 4.74 Å². The fourth-order valence-corrected chi connectivity index (χ4v) is 4.25. The second-order valence-electron chi connectivity index (χ2n) is 8.73. The lowest BCUT2D eigenvalue weighted by molar-refractivity contribution is 0.274. The minimum atomic E-state index is -1.55. The lowest BCUT2D eigenvalue weighted by Crippen LogP contribution is -2.01. The molecule has 0 bridgehead atoms.